The van der Waals surface area contributed by atoms with Crippen LogP contribution in [0.4, 0.5) is 0 Å². The molecule has 0 aliphatic carbocycles. The lowest BCUT2D eigenvalue weighted by Crippen LogP contribution is -2.22. The molecule has 6 nitrogen and oxygen atoms in total. The first-order chi connectivity index (χ1) is 11.2. The highest BCUT2D eigenvalue weighted by molar-refractivity contribution is 5.70. The van der Waals surface area contributed by atoms with Gasteiger partial charge in [0.2, 0.25) is 0 Å². The number of pyridine rings is 2. The van der Waals surface area contributed by atoms with Gasteiger partial charge < -0.3 is 9.94 Å². The third-order valence-electron chi connectivity index (χ3n) is 3.64. The summed E-state index contributed by atoms with van der Waals surface area (Å²) >= 11 is 0. The highest BCUT2D eigenvalue weighted by Crippen LogP contribution is 2.30. The van der Waals surface area contributed by atoms with Crippen LogP contribution in [0.5, 0.6) is 0 Å². The summed E-state index contributed by atoms with van der Waals surface area (Å²) in [5, 5.41) is 9.50. The zero-order chi connectivity index (χ0) is 16.5. The molecule has 0 bridgehead atoms. The van der Waals surface area contributed by atoms with E-state index in [9.17, 15) is 10.0 Å². The first-order valence-electron chi connectivity index (χ1n) is 7.59. The minimum absolute atomic E-state index is 0.118. The van der Waals surface area contributed by atoms with E-state index in [1.165, 1.54) is 0 Å². The molecule has 2 aromatic rings. The van der Waals surface area contributed by atoms with Gasteiger partial charge in [-0.15, -0.1) is 0 Å². The van der Waals surface area contributed by atoms with Crippen LogP contribution in [0.2, 0.25) is 0 Å². The summed E-state index contributed by atoms with van der Waals surface area (Å²) in [5.41, 5.74) is 4.10. The van der Waals surface area contributed by atoms with E-state index < -0.39 is 0 Å². The molecule has 2 atom stereocenters. The van der Waals surface area contributed by atoms with Gasteiger partial charge in [-0.3, -0.25) is 14.8 Å². The second-order valence-corrected chi connectivity index (χ2v) is 5.20. The van der Waals surface area contributed by atoms with Crippen LogP contribution in [0, 0.1) is 0 Å². The molecule has 2 N–H and O–H groups in total. The first kappa shape index (κ1) is 17.1. The van der Waals surface area contributed by atoms with Gasteiger partial charge in [0, 0.05) is 24.8 Å². The Morgan fingerprint density at radius 3 is 2.39 bits per heavy atom. The number of rotatable bonds is 8. The quantitative estimate of drug-likeness (QED) is 0.575. The largest absolute Gasteiger partial charge is 0.466 e. The van der Waals surface area contributed by atoms with Crippen molar-refractivity contribution < 1.29 is 14.7 Å². The van der Waals surface area contributed by atoms with Crippen molar-refractivity contribution >= 4 is 5.97 Å². The number of hydrogen-bond donors (Lipinski definition) is 2. The smallest absolute Gasteiger partial charge is 0.306 e. The van der Waals surface area contributed by atoms with Gasteiger partial charge in [0.15, 0.2) is 0 Å². The van der Waals surface area contributed by atoms with Crippen molar-refractivity contribution in [2.75, 3.05) is 6.61 Å². The minimum Gasteiger partial charge on any atom is -0.466 e. The molecular weight excluding hydrogens is 294 g/mol. The molecule has 0 saturated carbocycles. The van der Waals surface area contributed by atoms with Crippen molar-refractivity contribution in [3.63, 3.8) is 0 Å². The Hall–Kier alpha value is -2.31. The number of nitrogens with one attached hydrogen (secondary N) is 1. The van der Waals surface area contributed by atoms with E-state index in [4.69, 9.17) is 4.74 Å². The second kappa shape index (κ2) is 8.97. The van der Waals surface area contributed by atoms with Crippen molar-refractivity contribution in [3.05, 3.63) is 60.2 Å². The first-order valence-corrected chi connectivity index (χ1v) is 7.59. The molecule has 122 valence electrons. The molecule has 0 unspecified atom stereocenters. The van der Waals surface area contributed by atoms with Crippen molar-refractivity contribution in [3.8, 4) is 0 Å². The summed E-state index contributed by atoms with van der Waals surface area (Å²) in [7, 11) is 0. The number of carbonyl (C=O) groups is 1. The van der Waals surface area contributed by atoms with Gasteiger partial charge in [0.1, 0.15) is 0 Å². The number of esters is 1. The van der Waals surface area contributed by atoms with Gasteiger partial charge in [-0.25, -0.2) is 0 Å². The van der Waals surface area contributed by atoms with Gasteiger partial charge in [0.05, 0.1) is 19.1 Å². The molecule has 0 aromatic carbocycles. The third kappa shape index (κ3) is 5.12. The van der Waals surface area contributed by atoms with Gasteiger partial charge in [-0.05, 0) is 42.5 Å². The maximum atomic E-state index is 11.9. The SMILES string of the molecule is CCOC(=O)C[C@@H](C[C@@H](NO)c1cccnc1)c1cccnc1. The average Bonchev–Trinajstić information content (AvgIpc) is 2.60. The zero-order valence-electron chi connectivity index (χ0n) is 13.1. The van der Waals surface area contributed by atoms with E-state index in [0.717, 1.165) is 11.1 Å². The summed E-state index contributed by atoms with van der Waals surface area (Å²) in [4.78, 5) is 20.1. The standard InChI is InChI=1S/C17H21N3O3/c1-2-23-17(21)10-15(13-5-3-7-18-11-13)9-16(20-22)14-6-4-8-19-12-14/h3-8,11-12,15-16,20,22H,2,9-10H2,1H3/t15-,16-/m1/s1. The zero-order valence-corrected chi connectivity index (χ0v) is 13.1. The average molecular weight is 315 g/mol. The fourth-order valence-electron chi connectivity index (χ4n) is 2.51. The van der Waals surface area contributed by atoms with Crippen LogP contribution in [-0.2, 0) is 9.53 Å². The molecule has 2 heterocycles. The van der Waals surface area contributed by atoms with Crippen molar-refractivity contribution in [1.82, 2.24) is 15.4 Å². The van der Waals surface area contributed by atoms with E-state index in [-0.39, 0.29) is 24.3 Å². The highest BCUT2D eigenvalue weighted by Gasteiger charge is 2.22. The molecule has 6 heteroatoms. The normalized spacial score (nSPS) is 13.3. The molecule has 0 amide bonds. The topological polar surface area (TPSA) is 84.3 Å². The molecule has 0 radical (unpaired) electrons. The molecule has 0 aliphatic rings. The maximum Gasteiger partial charge on any atom is 0.306 e. The molecule has 0 fully saturated rings. The van der Waals surface area contributed by atoms with E-state index in [0.29, 0.717) is 13.0 Å². The Morgan fingerprint density at radius 1 is 1.22 bits per heavy atom. The molecule has 0 spiro atoms. The highest BCUT2D eigenvalue weighted by atomic mass is 16.5. The van der Waals surface area contributed by atoms with Gasteiger partial charge in [-0.2, -0.15) is 5.48 Å². The van der Waals surface area contributed by atoms with Gasteiger partial charge in [0.25, 0.3) is 0 Å². The molecule has 0 aliphatic heterocycles. The number of aromatic nitrogens is 2. The van der Waals surface area contributed by atoms with E-state index >= 15 is 0 Å². The molecule has 2 rings (SSSR count). The number of hydrogen-bond acceptors (Lipinski definition) is 6. The van der Waals surface area contributed by atoms with Crippen LogP contribution >= 0.6 is 0 Å². The van der Waals surface area contributed by atoms with Gasteiger partial charge in [-0.1, -0.05) is 12.1 Å². The Balaban J connectivity index is 2.17. The molecule has 2 aromatic heterocycles. The number of nitrogens with zero attached hydrogens (tertiary/aromatic N) is 2. The number of carbonyl (C=O) groups excluding carboxylic acids is 1. The van der Waals surface area contributed by atoms with E-state index in [1.54, 1.807) is 31.7 Å². The second-order valence-electron chi connectivity index (χ2n) is 5.20. The van der Waals surface area contributed by atoms with Gasteiger partial charge >= 0.3 is 5.97 Å². The summed E-state index contributed by atoms with van der Waals surface area (Å²) < 4.78 is 5.06. The van der Waals surface area contributed by atoms with E-state index in [1.807, 2.05) is 24.3 Å². The van der Waals surface area contributed by atoms with Crippen molar-refractivity contribution in [2.24, 2.45) is 0 Å². The third-order valence-corrected chi connectivity index (χ3v) is 3.64. The lowest BCUT2D eigenvalue weighted by molar-refractivity contribution is -0.143. The van der Waals surface area contributed by atoms with Crippen LogP contribution in [0.3, 0.4) is 0 Å². The van der Waals surface area contributed by atoms with Crippen LogP contribution in [0.15, 0.2) is 49.1 Å². The maximum absolute atomic E-state index is 11.9. The monoisotopic (exact) mass is 315 g/mol. The molecule has 0 saturated heterocycles. The van der Waals surface area contributed by atoms with E-state index in [2.05, 4.69) is 15.4 Å². The summed E-state index contributed by atoms with van der Waals surface area (Å²) in [6, 6.07) is 7.12. The fraction of sp³-hybridized carbons (Fsp3) is 0.353. The fourth-order valence-corrected chi connectivity index (χ4v) is 2.51. The summed E-state index contributed by atoms with van der Waals surface area (Å²) in [6.07, 6.45) is 7.55. The van der Waals surface area contributed by atoms with Crippen LogP contribution in [-0.4, -0.2) is 27.8 Å². The number of ether oxygens (including phenoxy) is 1. The van der Waals surface area contributed by atoms with Crippen molar-refractivity contribution in [2.45, 2.75) is 31.7 Å². The predicted octanol–water partition coefficient (Wildman–Crippen LogP) is 2.62. The Kier molecular flexibility index (Phi) is 6.65. The van der Waals surface area contributed by atoms with Crippen LogP contribution < -0.4 is 5.48 Å². The summed E-state index contributed by atoms with van der Waals surface area (Å²) in [6.45, 7) is 2.13. The van der Waals surface area contributed by atoms with Crippen molar-refractivity contribution in [1.29, 1.82) is 0 Å². The summed E-state index contributed by atoms with van der Waals surface area (Å²) in [5.74, 6) is -0.378. The minimum atomic E-state index is -0.330. The Morgan fingerprint density at radius 2 is 1.87 bits per heavy atom. The lowest BCUT2D eigenvalue weighted by Gasteiger charge is -2.22. The lowest BCUT2D eigenvalue weighted by atomic mass is 9.88. The van der Waals surface area contributed by atoms with Crippen LogP contribution in [0.25, 0.3) is 0 Å². The Labute approximate surface area is 135 Å². The number of hydroxylamine groups is 1. The Bertz CT molecular complexity index is 593. The molecule has 23 heavy (non-hydrogen) atoms. The predicted molar refractivity (Wildman–Crippen MR) is 84.7 cm³/mol. The van der Waals surface area contributed by atoms with Crippen LogP contribution in [0.1, 0.15) is 42.9 Å². The molecular formula is C17H21N3O3.